The van der Waals surface area contributed by atoms with Crippen molar-refractivity contribution < 1.29 is 14.4 Å². The average molecular weight is 378 g/mol. The van der Waals surface area contributed by atoms with Gasteiger partial charge in [0, 0.05) is 13.1 Å². The second-order valence-corrected chi connectivity index (χ2v) is 6.07. The van der Waals surface area contributed by atoms with Crippen LogP contribution in [0.15, 0.2) is 42.5 Å². The van der Waals surface area contributed by atoms with Gasteiger partial charge in [0.05, 0.1) is 26.9 Å². The molecule has 0 atom stereocenters. The lowest BCUT2D eigenvalue weighted by Crippen LogP contribution is -2.39. The maximum atomic E-state index is 12.2. The van der Waals surface area contributed by atoms with E-state index in [2.05, 4.69) is 10.6 Å². The molecule has 1 aliphatic rings. The van der Waals surface area contributed by atoms with E-state index in [0.29, 0.717) is 21.8 Å². The van der Waals surface area contributed by atoms with Gasteiger partial charge in [0.1, 0.15) is 0 Å². The summed E-state index contributed by atoms with van der Waals surface area (Å²) in [7, 11) is 0. The Hall–Kier alpha value is -2.57. The van der Waals surface area contributed by atoms with Gasteiger partial charge in [-0.25, -0.2) is 4.79 Å². The number of carbonyl (C=O) groups excluding carboxylic acids is 3. The summed E-state index contributed by atoms with van der Waals surface area (Å²) in [5.41, 5.74) is 1.12. The Morgan fingerprint density at radius 3 is 2.24 bits per heavy atom. The number of benzene rings is 2. The highest BCUT2D eigenvalue weighted by molar-refractivity contribution is 6.43. The number of nitrogens with zero attached hydrogens (tertiary/aromatic N) is 1. The van der Waals surface area contributed by atoms with E-state index in [-0.39, 0.29) is 29.9 Å². The highest BCUT2D eigenvalue weighted by atomic mass is 35.5. The molecule has 8 heteroatoms. The van der Waals surface area contributed by atoms with Crippen molar-refractivity contribution in [1.29, 1.82) is 0 Å². The lowest BCUT2D eigenvalue weighted by Gasteiger charge is -2.15. The van der Waals surface area contributed by atoms with Gasteiger partial charge < -0.3 is 10.6 Å². The zero-order valence-corrected chi connectivity index (χ0v) is 14.4. The Morgan fingerprint density at radius 2 is 1.60 bits per heavy atom. The number of hydrogen-bond donors (Lipinski definition) is 2. The van der Waals surface area contributed by atoms with Crippen LogP contribution in [-0.2, 0) is 0 Å². The molecule has 2 N–H and O–H groups in total. The molecule has 1 heterocycles. The Kier molecular flexibility index (Phi) is 4.92. The summed E-state index contributed by atoms with van der Waals surface area (Å²) in [6.45, 7) is 0.179. The summed E-state index contributed by atoms with van der Waals surface area (Å²) in [5.74, 6) is -0.721. The van der Waals surface area contributed by atoms with Crippen LogP contribution in [0.25, 0.3) is 0 Å². The third-order valence-electron chi connectivity index (χ3n) is 3.70. The molecule has 0 bridgehead atoms. The number of hydrogen-bond acceptors (Lipinski definition) is 3. The van der Waals surface area contributed by atoms with Crippen LogP contribution in [0.2, 0.25) is 10.0 Å². The quantitative estimate of drug-likeness (QED) is 0.801. The second kappa shape index (κ2) is 7.13. The first-order valence-corrected chi connectivity index (χ1v) is 8.18. The zero-order valence-electron chi connectivity index (χ0n) is 12.9. The standard InChI is InChI=1S/C17H13Cl2N3O3/c18-12-6-3-7-13(14(12)19)21-17(25)20-8-9-22-15(23)10-4-1-2-5-11(10)16(22)24/h1-7H,8-9H2,(H2,20,21,25). The van der Waals surface area contributed by atoms with Gasteiger partial charge in [-0.05, 0) is 24.3 Å². The SMILES string of the molecule is O=C(NCCN1C(=O)c2ccccc2C1=O)Nc1cccc(Cl)c1Cl. The van der Waals surface area contributed by atoms with Crippen molar-refractivity contribution in [3.8, 4) is 0 Å². The first kappa shape index (κ1) is 17.3. The van der Waals surface area contributed by atoms with Gasteiger partial charge in [-0.1, -0.05) is 41.4 Å². The van der Waals surface area contributed by atoms with Crippen molar-refractivity contribution in [2.24, 2.45) is 0 Å². The molecule has 3 rings (SSSR count). The van der Waals surface area contributed by atoms with Crippen LogP contribution in [0.4, 0.5) is 10.5 Å². The fourth-order valence-corrected chi connectivity index (χ4v) is 2.84. The maximum absolute atomic E-state index is 12.2. The van der Waals surface area contributed by atoms with Crippen molar-refractivity contribution in [3.05, 3.63) is 63.6 Å². The molecule has 0 saturated heterocycles. The molecular weight excluding hydrogens is 365 g/mol. The normalized spacial score (nSPS) is 13.0. The molecule has 0 spiro atoms. The fraction of sp³-hybridized carbons (Fsp3) is 0.118. The third-order valence-corrected chi connectivity index (χ3v) is 4.52. The monoisotopic (exact) mass is 377 g/mol. The number of rotatable bonds is 4. The highest BCUT2D eigenvalue weighted by Gasteiger charge is 2.34. The van der Waals surface area contributed by atoms with Gasteiger partial charge in [0.15, 0.2) is 0 Å². The number of nitrogens with one attached hydrogen (secondary N) is 2. The van der Waals surface area contributed by atoms with Gasteiger partial charge in [0.2, 0.25) is 0 Å². The van der Waals surface area contributed by atoms with Gasteiger partial charge >= 0.3 is 6.03 Å². The lowest BCUT2D eigenvalue weighted by molar-refractivity contribution is 0.0656. The van der Waals surface area contributed by atoms with Crippen LogP contribution in [-0.4, -0.2) is 35.8 Å². The molecule has 128 valence electrons. The largest absolute Gasteiger partial charge is 0.336 e. The van der Waals surface area contributed by atoms with Crippen LogP contribution in [0, 0.1) is 0 Å². The minimum Gasteiger partial charge on any atom is -0.336 e. The van der Waals surface area contributed by atoms with Crippen LogP contribution < -0.4 is 10.6 Å². The maximum Gasteiger partial charge on any atom is 0.319 e. The average Bonchev–Trinajstić information content (AvgIpc) is 2.84. The van der Waals surface area contributed by atoms with E-state index in [1.165, 1.54) is 0 Å². The van der Waals surface area contributed by atoms with Crippen molar-refractivity contribution >= 4 is 46.7 Å². The van der Waals surface area contributed by atoms with Gasteiger partial charge in [-0.15, -0.1) is 0 Å². The summed E-state index contributed by atoms with van der Waals surface area (Å²) in [5, 5.41) is 5.70. The van der Waals surface area contributed by atoms with E-state index < -0.39 is 6.03 Å². The number of carbonyl (C=O) groups is 3. The lowest BCUT2D eigenvalue weighted by atomic mass is 10.1. The van der Waals surface area contributed by atoms with Crippen LogP contribution >= 0.6 is 23.2 Å². The molecule has 0 radical (unpaired) electrons. The number of halogens is 2. The van der Waals surface area contributed by atoms with E-state index in [0.717, 1.165) is 4.90 Å². The van der Waals surface area contributed by atoms with E-state index in [1.807, 2.05) is 0 Å². The Balaban J connectivity index is 1.55. The summed E-state index contributed by atoms with van der Waals surface area (Å²) in [4.78, 5) is 37.4. The third kappa shape index (κ3) is 3.45. The fourth-order valence-electron chi connectivity index (χ4n) is 2.49. The number of fused-ring (bicyclic) bond motifs is 1. The predicted molar refractivity (Wildman–Crippen MR) is 95.3 cm³/mol. The number of anilines is 1. The molecule has 1 aliphatic heterocycles. The van der Waals surface area contributed by atoms with Crippen LogP contribution in [0.1, 0.15) is 20.7 Å². The highest BCUT2D eigenvalue weighted by Crippen LogP contribution is 2.29. The van der Waals surface area contributed by atoms with Gasteiger partial charge in [-0.2, -0.15) is 0 Å². The summed E-state index contributed by atoms with van der Waals surface area (Å²) in [6.07, 6.45) is 0. The summed E-state index contributed by atoms with van der Waals surface area (Å²) >= 11 is 11.9. The molecule has 2 aromatic rings. The predicted octanol–water partition coefficient (Wildman–Crippen LogP) is 3.41. The summed E-state index contributed by atoms with van der Waals surface area (Å²) < 4.78 is 0. The molecule has 2 aromatic carbocycles. The van der Waals surface area contributed by atoms with Crippen molar-refractivity contribution in [2.75, 3.05) is 18.4 Å². The van der Waals surface area contributed by atoms with Crippen molar-refractivity contribution in [1.82, 2.24) is 10.2 Å². The Labute approximate surface area is 153 Å². The second-order valence-electron chi connectivity index (χ2n) is 5.29. The molecule has 0 fully saturated rings. The molecule has 4 amide bonds. The van der Waals surface area contributed by atoms with E-state index in [4.69, 9.17) is 23.2 Å². The number of urea groups is 1. The molecule has 0 unspecified atom stereocenters. The molecule has 25 heavy (non-hydrogen) atoms. The minimum absolute atomic E-state index is 0.0725. The van der Waals surface area contributed by atoms with Crippen LogP contribution in [0.5, 0.6) is 0 Å². The zero-order chi connectivity index (χ0) is 18.0. The Bertz CT molecular complexity index is 835. The molecule has 0 aliphatic carbocycles. The number of imide groups is 1. The van der Waals surface area contributed by atoms with Crippen molar-refractivity contribution in [2.45, 2.75) is 0 Å². The van der Waals surface area contributed by atoms with E-state index >= 15 is 0 Å². The van der Waals surface area contributed by atoms with Gasteiger partial charge in [0.25, 0.3) is 11.8 Å². The number of amides is 4. The van der Waals surface area contributed by atoms with E-state index in [1.54, 1.807) is 42.5 Å². The minimum atomic E-state index is -0.513. The first-order chi connectivity index (χ1) is 12.0. The van der Waals surface area contributed by atoms with Gasteiger partial charge in [-0.3, -0.25) is 14.5 Å². The molecule has 6 nitrogen and oxygen atoms in total. The van der Waals surface area contributed by atoms with Crippen molar-refractivity contribution in [3.63, 3.8) is 0 Å². The molecule has 0 saturated carbocycles. The molecule has 0 aromatic heterocycles. The summed E-state index contributed by atoms with van der Waals surface area (Å²) in [6, 6.07) is 11.0. The smallest absolute Gasteiger partial charge is 0.319 e. The van der Waals surface area contributed by atoms with Crippen LogP contribution in [0.3, 0.4) is 0 Å². The molecular formula is C17H13Cl2N3O3. The Morgan fingerprint density at radius 1 is 0.960 bits per heavy atom. The van der Waals surface area contributed by atoms with E-state index in [9.17, 15) is 14.4 Å². The topological polar surface area (TPSA) is 78.5 Å². The first-order valence-electron chi connectivity index (χ1n) is 7.43.